The van der Waals surface area contributed by atoms with Gasteiger partial charge in [0.1, 0.15) is 47.8 Å². The Morgan fingerprint density at radius 2 is 1.62 bits per heavy atom. The van der Waals surface area contributed by atoms with E-state index in [1.54, 1.807) is 28.5 Å². The van der Waals surface area contributed by atoms with E-state index < -0.39 is 35.6 Å². The van der Waals surface area contributed by atoms with Gasteiger partial charge in [-0.15, -0.1) is 11.3 Å². The number of carbonyl (C=O) groups is 4. The van der Waals surface area contributed by atoms with Crippen LogP contribution in [-0.2, 0) is 25.5 Å². The number of likely N-dealkylation sites (tertiary alicyclic amines) is 2. The number of hydrogen-bond donors (Lipinski definition) is 2. The molecule has 23 heteroatoms. The molecule has 3 aromatic carbocycles. The summed E-state index contributed by atoms with van der Waals surface area (Å²) in [6.07, 6.45) is 4.00. The predicted octanol–water partition coefficient (Wildman–Crippen LogP) is 10.3. The van der Waals surface area contributed by atoms with E-state index >= 15 is 4.39 Å². The lowest BCUT2D eigenvalue weighted by Crippen LogP contribution is -2.57. The maximum absolute atomic E-state index is 17.5. The number of hydrogen-bond acceptors (Lipinski definition) is 18. The standard InChI is InChI=1S/C68H83FN12O9S/c1-11-42-14-12-15-44-16-13-17-51(57(42)44)59-58(69)60-52(30-70-59)62(78-32-46-22-23-47(33-78)81(46)67(86)89-68(7,8)9)74-65(73-60)87-35-48-24-25-49(76(48)10)36-88-66(85)77-26-27-79(39(4)31-77)55-29-54(90-75-55)56(38(2)3)64(84)80-34-50(82)28-53(80)63(83)72-40(5)43-18-20-45(21-19-43)61-41(6)71-37-91-61/h12-21,29-30,37-40,46-50,53,56,82H,11,22-28,31-36H2,1-10H3,(H,72,83)/t39-,40?,46?,47?,48+,49+,50-,53+,56?/m1/s1. The summed E-state index contributed by atoms with van der Waals surface area (Å²) in [4.78, 5) is 87.1. The maximum Gasteiger partial charge on any atom is 0.410 e. The number of aliphatic hydroxyl groups excluding tert-OH is 1. The Kier molecular flexibility index (Phi) is 18.0. The largest absolute Gasteiger partial charge is 0.462 e. The topological polar surface area (TPSA) is 225 Å². The normalized spacial score (nSPS) is 22.7. The van der Waals surface area contributed by atoms with Gasteiger partial charge < -0.3 is 48.8 Å². The minimum atomic E-state index is -0.877. The number of carbonyl (C=O) groups excluding carboxylic acids is 4. The van der Waals surface area contributed by atoms with Crippen molar-refractivity contribution < 1.29 is 47.4 Å². The van der Waals surface area contributed by atoms with Crippen molar-refractivity contribution in [3.05, 3.63) is 107 Å². The van der Waals surface area contributed by atoms with Gasteiger partial charge in [-0.1, -0.05) is 86.6 Å². The van der Waals surface area contributed by atoms with Crippen LogP contribution in [0, 0.1) is 18.7 Å². The van der Waals surface area contributed by atoms with Crippen molar-refractivity contribution in [2.45, 2.75) is 161 Å². The van der Waals surface area contributed by atoms with Crippen LogP contribution >= 0.6 is 11.3 Å². The third kappa shape index (κ3) is 12.9. The molecule has 12 rings (SSSR count). The lowest BCUT2D eigenvalue weighted by atomic mass is 9.91. The van der Waals surface area contributed by atoms with Gasteiger partial charge in [0, 0.05) is 81.6 Å². The summed E-state index contributed by atoms with van der Waals surface area (Å²) >= 11 is 1.58. The smallest absolute Gasteiger partial charge is 0.410 e. The molecule has 9 atom stereocenters. The summed E-state index contributed by atoms with van der Waals surface area (Å²) in [5.41, 5.74) is 6.15. The number of amides is 4. The van der Waals surface area contributed by atoms with Crippen molar-refractivity contribution >= 4 is 68.6 Å². The molecule has 482 valence electrons. The first-order valence-electron chi connectivity index (χ1n) is 32.0. The number of benzene rings is 3. The van der Waals surface area contributed by atoms with Crippen LogP contribution in [0.5, 0.6) is 6.01 Å². The second-order valence-corrected chi connectivity index (χ2v) is 27.5. The van der Waals surface area contributed by atoms with Crippen molar-refractivity contribution in [2.24, 2.45) is 5.92 Å². The summed E-state index contributed by atoms with van der Waals surface area (Å²) in [6.45, 7) is 19.8. The van der Waals surface area contributed by atoms with Crippen LogP contribution in [0.1, 0.15) is 122 Å². The number of likely N-dealkylation sites (N-methyl/N-ethyl adjacent to an activating group) is 1. The minimum Gasteiger partial charge on any atom is -0.462 e. The maximum atomic E-state index is 17.5. The van der Waals surface area contributed by atoms with Crippen LogP contribution in [0.15, 0.2) is 83.0 Å². The SMILES string of the molecule is CCc1cccc2cccc(-c3ncc4c(N5CC6CCC(C5)N6C(=O)OC(C)(C)C)nc(OC[C@@H]5CC[C@@H](COC(=O)N6CCN(c7cc(C(C(=O)N8C[C@H](O)C[C@H]8C(=O)NC(C)c8ccc(-c9scnc9C)cc8)C(C)C)on7)[C@H](C)C6)N5C)nc4c3F)c12. The number of aliphatic hydroxyl groups is 1. The highest BCUT2D eigenvalue weighted by Gasteiger charge is 2.47. The fourth-order valence-corrected chi connectivity index (χ4v) is 15.0. The third-order valence-electron chi connectivity index (χ3n) is 19.0. The van der Waals surface area contributed by atoms with E-state index in [1.165, 1.54) is 4.90 Å². The number of fused-ring (bicyclic) bond motifs is 4. The first-order chi connectivity index (χ1) is 43.6. The number of aromatic nitrogens is 5. The number of piperazine rings is 2. The van der Waals surface area contributed by atoms with E-state index in [0.717, 1.165) is 70.1 Å². The van der Waals surface area contributed by atoms with Crippen molar-refractivity contribution in [3.8, 4) is 27.7 Å². The molecule has 7 aromatic rings. The molecule has 5 saturated heterocycles. The fraction of sp³-hybridized carbons (Fsp3) is 0.515. The number of rotatable bonds is 16. The molecule has 5 fully saturated rings. The van der Waals surface area contributed by atoms with E-state index in [9.17, 15) is 24.3 Å². The lowest BCUT2D eigenvalue weighted by Gasteiger charge is -2.42. The number of aryl methyl sites for hydroxylation is 2. The van der Waals surface area contributed by atoms with Gasteiger partial charge in [-0.25, -0.2) is 19.0 Å². The highest BCUT2D eigenvalue weighted by molar-refractivity contribution is 7.13. The number of nitrogens with one attached hydrogen (secondary N) is 1. The molecule has 0 aliphatic carbocycles. The van der Waals surface area contributed by atoms with E-state index in [2.05, 4.69) is 38.2 Å². The van der Waals surface area contributed by atoms with Gasteiger partial charge in [-0.3, -0.25) is 24.4 Å². The van der Waals surface area contributed by atoms with Gasteiger partial charge >= 0.3 is 18.2 Å². The number of pyridine rings is 1. The average Bonchev–Trinajstić information content (AvgIpc) is 1.56. The lowest BCUT2D eigenvalue weighted by molar-refractivity contribution is -0.141. The van der Waals surface area contributed by atoms with Crippen molar-refractivity contribution in [2.75, 3.05) is 69.3 Å². The monoisotopic (exact) mass is 1260 g/mol. The van der Waals surface area contributed by atoms with Crippen molar-refractivity contribution in [1.82, 2.24) is 50.0 Å². The van der Waals surface area contributed by atoms with E-state index in [4.69, 9.17) is 33.7 Å². The number of thiazole rings is 1. The molecule has 9 heterocycles. The quantitative estimate of drug-likeness (QED) is 0.0917. The average molecular weight is 1260 g/mol. The number of ether oxygens (including phenoxy) is 3. The number of β-amino-alcohol motifs (C(OH)–C–C–N with tert-alkyl or cyclic N) is 1. The van der Waals surface area contributed by atoms with E-state index in [-0.39, 0.29) is 103 Å². The first kappa shape index (κ1) is 63.1. The highest BCUT2D eigenvalue weighted by atomic mass is 32.1. The van der Waals surface area contributed by atoms with Crippen LogP contribution in [0.2, 0.25) is 0 Å². The highest BCUT2D eigenvalue weighted by Crippen LogP contribution is 2.41. The Morgan fingerprint density at radius 3 is 2.30 bits per heavy atom. The molecule has 91 heavy (non-hydrogen) atoms. The Bertz CT molecular complexity index is 3820. The summed E-state index contributed by atoms with van der Waals surface area (Å²) in [6, 6.07) is 19.9. The summed E-state index contributed by atoms with van der Waals surface area (Å²) in [5, 5.41) is 20.8. The molecule has 4 amide bonds. The third-order valence-corrected chi connectivity index (χ3v) is 20.0. The van der Waals surface area contributed by atoms with Gasteiger partial charge in [-0.05, 0) is 114 Å². The zero-order valence-corrected chi connectivity index (χ0v) is 54.4. The van der Waals surface area contributed by atoms with Gasteiger partial charge in [0.05, 0.1) is 45.7 Å². The molecule has 5 aliphatic rings. The van der Waals surface area contributed by atoms with Crippen LogP contribution in [0.3, 0.4) is 0 Å². The minimum absolute atomic E-state index is 0.0139. The number of halogens is 1. The Balaban J connectivity index is 0.670. The molecule has 4 unspecified atom stereocenters. The molecule has 4 aromatic heterocycles. The molecule has 2 N–H and O–H groups in total. The molecule has 0 radical (unpaired) electrons. The van der Waals surface area contributed by atoms with Gasteiger partial charge in [0.15, 0.2) is 17.4 Å². The molecule has 0 spiro atoms. The fourth-order valence-electron chi connectivity index (χ4n) is 14.2. The number of anilines is 2. The first-order valence-corrected chi connectivity index (χ1v) is 32.9. The molecular formula is C68H83FN12O9S. The van der Waals surface area contributed by atoms with Gasteiger partial charge in [-0.2, -0.15) is 9.97 Å². The Morgan fingerprint density at radius 1 is 0.890 bits per heavy atom. The zero-order chi connectivity index (χ0) is 64.2. The zero-order valence-electron chi connectivity index (χ0n) is 53.6. The Labute approximate surface area is 534 Å². The van der Waals surface area contributed by atoms with Crippen molar-refractivity contribution in [1.29, 1.82) is 0 Å². The van der Waals surface area contributed by atoms with Crippen molar-refractivity contribution in [3.63, 3.8) is 0 Å². The molecule has 5 aliphatic heterocycles. The molecule has 2 bridgehead atoms. The number of nitrogens with zero attached hydrogens (tertiary/aromatic N) is 11. The van der Waals surface area contributed by atoms with Gasteiger partial charge in [0.2, 0.25) is 11.8 Å². The summed E-state index contributed by atoms with van der Waals surface area (Å²) in [7, 11) is 1.99. The molecule has 21 nitrogen and oxygen atoms in total. The van der Waals surface area contributed by atoms with Crippen LogP contribution in [0.4, 0.5) is 25.6 Å². The predicted molar refractivity (Wildman–Crippen MR) is 346 cm³/mol. The second-order valence-electron chi connectivity index (χ2n) is 26.6. The van der Waals surface area contributed by atoms with Gasteiger partial charge in [0.25, 0.3) is 0 Å². The van der Waals surface area contributed by atoms with E-state index in [0.29, 0.717) is 61.1 Å². The molecular weight excluding hydrogens is 1180 g/mol. The molecule has 0 saturated carbocycles. The summed E-state index contributed by atoms with van der Waals surface area (Å²) < 4.78 is 41.8. The van der Waals surface area contributed by atoms with Crippen LogP contribution in [-0.4, -0.2) is 181 Å². The summed E-state index contributed by atoms with van der Waals surface area (Å²) in [5.74, 6) is -0.866. The van der Waals surface area contributed by atoms with Crippen LogP contribution in [0.25, 0.3) is 43.4 Å². The second kappa shape index (κ2) is 25.9. The van der Waals surface area contributed by atoms with E-state index in [1.807, 2.05) is 132 Å². The van der Waals surface area contributed by atoms with Crippen LogP contribution < -0.4 is 19.9 Å². The Hall–Kier alpha value is -8.02.